The topological polar surface area (TPSA) is 66.1 Å². The molecule has 2 atom stereocenters. The van der Waals surface area contributed by atoms with Crippen molar-refractivity contribution in [3.63, 3.8) is 0 Å². The van der Waals surface area contributed by atoms with Gasteiger partial charge in [-0.25, -0.2) is 0 Å². The predicted octanol–water partition coefficient (Wildman–Crippen LogP) is 3.09. The molecule has 2 fully saturated rings. The third kappa shape index (κ3) is 3.91. The Kier molecular flexibility index (Phi) is 5.65. The lowest BCUT2D eigenvalue weighted by Crippen LogP contribution is -2.62. The lowest BCUT2D eigenvalue weighted by molar-refractivity contribution is -0.0605. The molecule has 0 aliphatic carbocycles. The van der Waals surface area contributed by atoms with E-state index in [0.717, 1.165) is 37.1 Å². The van der Waals surface area contributed by atoms with Crippen molar-refractivity contribution in [1.82, 2.24) is 9.80 Å². The van der Waals surface area contributed by atoms with Crippen LogP contribution < -0.4 is 4.74 Å². The van der Waals surface area contributed by atoms with Crippen LogP contribution in [0.4, 0.5) is 0 Å². The van der Waals surface area contributed by atoms with Crippen LogP contribution in [0.15, 0.2) is 40.8 Å². The summed E-state index contributed by atoms with van der Waals surface area (Å²) in [4.78, 5) is 17.4. The van der Waals surface area contributed by atoms with E-state index in [9.17, 15) is 9.90 Å². The number of aliphatic hydroxyl groups excluding tert-OH is 1. The number of amides is 1. The maximum atomic E-state index is 13.2. The first-order valence-electron chi connectivity index (χ1n) is 10.4. The Bertz CT molecular complexity index is 850. The van der Waals surface area contributed by atoms with E-state index in [1.807, 2.05) is 48.2 Å². The number of hydrogen-bond donors (Lipinski definition) is 1. The van der Waals surface area contributed by atoms with Crippen molar-refractivity contribution in [3.8, 4) is 5.75 Å². The molecule has 1 aromatic carbocycles. The molecule has 0 spiro atoms. The summed E-state index contributed by atoms with van der Waals surface area (Å²) in [7, 11) is 2.10. The molecule has 2 aromatic rings. The predicted molar refractivity (Wildman–Crippen MR) is 110 cm³/mol. The number of rotatable bonds is 5. The van der Waals surface area contributed by atoms with Gasteiger partial charge in [-0.1, -0.05) is 18.2 Å². The number of benzene rings is 1. The van der Waals surface area contributed by atoms with Crippen LogP contribution in [0.25, 0.3) is 0 Å². The van der Waals surface area contributed by atoms with Gasteiger partial charge in [0.15, 0.2) is 5.76 Å². The molecular formula is C23H30N2O4. The van der Waals surface area contributed by atoms with Crippen molar-refractivity contribution >= 4 is 5.91 Å². The standard InChI is InChI=1S/C23H30N2O4/c1-17-13-19(15-28-18-7-4-3-5-8-18)29-21(17)22(27)25-12-10-23(16-26)9-6-11-24(2)20(23)14-25/h3-5,7-8,13,20,26H,6,9-12,14-16H2,1-2H3/t20-,23-/m1/s1. The summed E-state index contributed by atoms with van der Waals surface area (Å²) < 4.78 is 11.6. The second kappa shape index (κ2) is 8.20. The lowest BCUT2D eigenvalue weighted by atomic mass is 9.69. The summed E-state index contributed by atoms with van der Waals surface area (Å²) >= 11 is 0. The van der Waals surface area contributed by atoms with E-state index in [0.29, 0.717) is 24.6 Å². The Morgan fingerprint density at radius 3 is 2.83 bits per heavy atom. The van der Waals surface area contributed by atoms with Gasteiger partial charge in [-0.05, 0) is 58.0 Å². The minimum atomic E-state index is -0.0866. The van der Waals surface area contributed by atoms with Crippen LogP contribution in [0, 0.1) is 12.3 Å². The molecule has 156 valence electrons. The van der Waals surface area contributed by atoms with Gasteiger partial charge in [-0.2, -0.15) is 0 Å². The van der Waals surface area contributed by atoms with Gasteiger partial charge in [-0.15, -0.1) is 0 Å². The number of fused-ring (bicyclic) bond motifs is 1. The first-order chi connectivity index (χ1) is 14.0. The van der Waals surface area contributed by atoms with E-state index >= 15 is 0 Å². The number of nitrogens with zero attached hydrogens (tertiary/aromatic N) is 2. The molecule has 0 saturated carbocycles. The Balaban J connectivity index is 1.45. The van der Waals surface area contributed by atoms with Crippen molar-refractivity contribution < 1.29 is 19.1 Å². The fraction of sp³-hybridized carbons (Fsp3) is 0.522. The number of aryl methyl sites for hydroxylation is 1. The molecule has 29 heavy (non-hydrogen) atoms. The highest BCUT2D eigenvalue weighted by Crippen LogP contribution is 2.41. The molecule has 6 heteroatoms. The third-order valence-corrected chi connectivity index (χ3v) is 6.59. The fourth-order valence-corrected chi connectivity index (χ4v) is 4.85. The zero-order valence-electron chi connectivity index (χ0n) is 17.3. The first kappa shape index (κ1) is 20.0. The van der Waals surface area contributed by atoms with Crippen LogP contribution in [0.5, 0.6) is 5.75 Å². The highest BCUT2D eigenvalue weighted by Gasteiger charge is 2.47. The first-order valence-corrected chi connectivity index (χ1v) is 10.4. The van der Waals surface area contributed by atoms with Gasteiger partial charge in [0.25, 0.3) is 5.91 Å². The summed E-state index contributed by atoms with van der Waals surface area (Å²) in [6.07, 6.45) is 2.96. The monoisotopic (exact) mass is 398 g/mol. The highest BCUT2D eigenvalue weighted by molar-refractivity contribution is 5.93. The minimum absolute atomic E-state index is 0.0704. The number of carbonyl (C=O) groups is 1. The number of furan rings is 1. The van der Waals surface area contributed by atoms with Crippen LogP contribution in [0.1, 0.15) is 41.1 Å². The lowest BCUT2D eigenvalue weighted by Gasteiger charge is -2.53. The normalized spacial score (nSPS) is 24.9. The SMILES string of the molecule is Cc1cc(COc2ccccc2)oc1C(=O)N1CC[C@@]2(CO)CCCN(C)[C@@H]2C1. The number of ether oxygens (including phenoxy) is 1. The molecule has 3 heterocycles. The minimum Gasteiger partial charge on any atom is -0.486 e. The van der Waals surface area contributed by atoms with Crippen LogP contribution in [-0.2, 0) is 6.61 Å². The molecule has 0 unspecified atom stereocenters. The maximum Gasteiger partial charge on any atom is 0.289 e. The summed E-state index contributed by atoms with van der Waals surface area (Å²) in [6.45, 7) is 4.67. The van der Waals surface area contributed by atoms with Gasteiger partial charge < -0.3 is 24.1 Å². The Morgan fingerprint density at radius 2 is 2.07 bits per heavy atom. The van der Waals surface area contributed by atoms with Gasteiger partial charge in [-0.3, -0.25) is 4.79 Å². The second-order valence-corrected chi connectivity index (χ2v) is 8.45. The van der Waals surface area contributed by atoms with Crippen LogP contribution in [0.3, 0.4) is 0 Å². The highest BCUT2D eigenvalue weighted by atomic mass is 16.5. The van der Waals surface area contributed by atoms with Gasteiger partial charge >= 0.3 is 0 Å². The van der Waals surface area contributed by atoms with E-state index < -0.39 is 0 Å². The molecule has 4 rings (SSSR count). The summed E-state index contributed by atoms with van der Waals surface area (Å²) in [5, 5.41) is 10.1. The third-order valence-electron chi connectivity index (χ3n) is 6.59. The van der Waals surface area contributed by atoms with Crippen molar-refractivity contribution in [2.45, 2.75) is 38.8 Å². The number of carbonyl (C=O) groups excluding carboxylic acids is 1. The fourth-order valence-electron chi connectivity index (χ4n) is 4.85. The zero-order chi connectivity index (χ0) is 20.4. The van der Waals surface area contributed by atoms with Crippen LogP contribution in [-0.4, -0.2) is 60.1 Å². The van der Waals surface area contributed by atoms with Crippen molar-refractivity contribution in [2.24, 2.45) is 5.41 Å². The molecule has 2 saturated heterocycles. The van der Waals surface area contributed by atoms with E-state index in [1.54, 1.807) is 0 Å². The number of piperidine rings is 2. The number of likely N-dealkylation sites (tertiary alicyclic amines) is 2. The molecule has 2 aliphatic heterocycles. The Labute approximate surface area is 172 Å². The Morgan fingerprint density at radius 1 is 1.28 bits per heavy atom. The van der Waals surface area contributed by atoms with Gasteiger partial charge in [0.2, 0.25) is 0 Å². The van der Waals surface area contributed by atoms with Gasteiger partial charge in [0.05, 0.1) is 6.61 Å². The molecule has 6 nitrogen and oxygen atoms in total. The van der Waals surface area contributed by atoms with Gasteiger partial charge in [0, 0.05) is 30.1 Å². The largest absolute Gasteiger partial charge is 0.486 e. The van der Waals surface area contributed by atoms with Gasteiger partial charge in [0.1, 0.15) is 18.1 Å². The number of hydrogen-bond acceptors (Lipinski definition) is 5. The summed E-state index contributed by atoms with van der Waals surface area (Å²) in [5.41, 5.74) is 0.745. The molecular weight excluding hydrogens is 368 g/mol. The molecule has 1 aromatic heterocycles. The second-order valence-electron chi connectivity index (χ2n) is 8.45. The van der Waals surface area contributed by atoms with Crippen LogP contribution >= 0.6 is 0 Å². The van der Waals surface area contributed by atoms with E-state index in [1.165, 1.54) is 0 Å². The van der Waals surface area contributed by atoms with Crippen molar-refractivity contribution in [2.75, 3.05) is 33.3 Å². The average Bonchev–Trinajstić information content (AvgIpc) is 3.13. The van der Waals surface area contributed by atoms with E-state index in [4.69, 9.17) is 9.15 Å². The van der Waals surface area contributed by atoms with E-state index in [2.05, 4.69) is 11.9 Å². The number of likely N-dealkylation sites (N-methyl/N-ethyl adjacent to an activating group) is 1. The number of aliphatic hydroxyl groups is 1. The molecule has 0 bridgehead atoms. The van der Waals surface area contributed by atoms with Crippen LogP contribution in [0.2, 0.25) is 0 Å². The quantitative estimate of drug-likeness (QED) is 0.838. The molecule has 2 aliphatic rings. The van der Waals surface area contributed by atoms with Crippen molar-refractivity contribution in [3.05, 3.63) is 53.5 Å². The molecule has 1 N–H and O–H groups in total. The van der Waals surface area contributed by atoms with E-state index in [-0.39, 0.29) is 30.6 Å². The van der Waals surface area contributed by atoms with Crippen molar-refractivity contribution in [1.29, 1.82) is 0 Å². The number of para-hydroxylation sites is 1. The smallest absolute Gasteiger partial charge is 0.289 e. The molecule has 1 amide bonds. The summed E-state index contributed by atoms with van der Waals surface area (Å²) in [5.74, 6) is 1.74. The molecule has 0 radical (unpaired) electrons. The Hall–Kier alpha value is -2.31. The maximum absolute atomic E-state index is 13.2. The average molecular weight is 399 g/mol. The zero-order valence-corrected chi connectivity index (χ0v) is 17.3. The summed E-state index contributed by atoms with van der Waals surface area (Å²) in [6, 6.07) is 11.6.